The zero-order valence-corrected chi connectivity index (χ0v) is 11.2. The van der Waals surface area contributed by atoms with E-state index < -0.39 is 12.0 Å². The first-order valence-electron chi connectivity index (χ1n) is 6.54. The Morgan fingerprint density at radius 2 is 2.26 bits per heavy atom. The van der Waals surface area contributed by atoms with Gasteiger partial charge in [0.05, 0.1) is 6.33 Å². The molecule has 0 saturated carbocycles. The number of piperidine rings is 1. The van der Waals surface area contributed by atoms with E-state index >= 15 is 0 Å². The maximum absolute atomic E-state index is 12.3. The first kappa shape index (κ1) is 13.6. The number of imidazole rings is 1. The van der Waals surface area contributed by atoms with Crippen molar-refractivity contribution < 1.29 is 14.7 Å². The summed E-state index contributed by atoms with van der Waals surface area (Å²) >= 11 is 0. The topological polar surface area (TPSA) is 75.4 Å². The first-order chi connectivity index (χ1) is 9.02. The molecule has 6 heteroatoms. The summed E-state index contributed by atoms with van der Waals surface area (Å²) in [5, 5.41) is 9.30. The molecule has 0 bridgehead atoms. The van der Waals surface area contributed by atoms with E-state index in [0.29, 0.717) is 24.6 Å². The van der Waals surface area contributed by atoms with E-state index in [-0.39, 0.29) is 5.91 Å². The monoisotopic (exact) mass is 265 g/mol. The van der Waals surface area contributed by atoms with Gasteiger partial charge >= 0.3 is 5.97 Å². The summed E-state index contributed by atoms with van der Waals surface area (Å²) in [6.07, 6.45) is 5.51. The largest absolute Gasteiger partial charge is 0.480 e. The first-order valence-corrected chi connectivity index (χ1v) is 6.54. The van der Waals surface area contributed by atoms with Crippen LogP contribution in [-0.4, -0.2) is 44.0 Å². The molecule has 1 aromatic rings. The van der Waals surface area contributed by atoms with Gasteiger partial charge < -0.3 is 14.6 Å². The smallest absolute Gasteiger partial charge is 0.326 e. The van der Waals surface area contributed by atoms with Crippen LogP contribution in [0.3, 0.4) is 0 Å². The van der Waals surface area contributed by atoms with Crippen LogP contribution in [0.25, 0.3) is 0 Å². The number of aliphatic carboxylic acids is 1. The Hall–Kier alpha value is -1.85. The lowest BCUT2D eigenvalue weighted by molar-refractivity contribution is -0.144. The van der Waals surface area contributed by atoms with Gasteiger partial charge in [0.2, 0.25) is 0 Å². The molecule has 1 aliphatic rings. The molecule has 1 aliphatic heterocycles. The van der Waals surface area contributed by atoms with Crippen molar-refractivity contribution in [2.75, 3.05) is 6.54 Å². The van der Waals surface area contributed by atoms with Gasteiger partial charge in [-0.3, -0.25) is 4.79 Å². The van der Waals surface area contributed by atoms with Crippen molar-refractivity contribution >= 4 is 11.9 Å². The quantitative estimate of drug-likeness (QED) is 0.889. The molecule has 1 fully saturated rings. The van der Waals surface area contributed by atoms with Crippen molar-refractivity contribution in [3.63, 3.8) is 0 Å². The number of carbonyl (C=O) groups is 2. The van der Waals surface area contributed by atoms with E-state index in [9.17, 15) is 14.7 Å². The molecule has 0 aliphatic carbocycles. The number of carboxylic acids is 1. The van der Waals surface area contributed by atoms with Crippen LogP contribution < -0.4 is 0 Å². The molecule has 0 aromatic carbocycles. The summed E-state index contributed by atoms with van der Waals surface area (Å²) in [5.41, 5.74) is 0.309. The van der Waals surface area contributed by atoms with E-state index in [1.807, 2.05) is 0 Å². The Bertz CT molecular complexity index is 483. The average Bonchev–Trinajstić information content (AvgIpc) is 2.83. The van der Waals surface area contributed by atoms with Crippen LogP contribution >= 0.6 is 0 Å². The molecule has 1 aromatic heterocycles. The van der Waals surface area contributed by atoms with Crippen molar-refractivity contribution in [1.82, 2.24) is 14.5 Å². The molecule has 1 amide bonds. The van der Waals surface area contributed by atoms with Gasteiger partial charge in [0, 0.05) is 19.8 Å². The number of aromatic nitrogens is 2. The molecule has 1 saturated heterocycles. The van der Waals surface area contributed by atoms with E-state index in [1.54, 1.807) is 24.1 Å². The van der Waals surface area contributed by atoms with Gasteiger partial charge in [-0.25, -0.2) is 9.78 Å². The third-order valence-electron chi connectivity index (χ3n) is 3.76. The summed E-state index contributed by atoms with van der Waals surface area (Å²) < 4.78 is 1.68. The van der Waals surface area contributed by atoms with Crippen LogP contribution in [0.1, 0.15) is 36.7 Å². The Labute approximate surface area is 112 Å². The summed E-state index contributed by atoms with van der Waals surface area (Å²) in [4.78, 5) is 29.1. The minimum Gasteiger partial charge on any atom is -0.480 e. The second kappa shape index (κ2) is 5.42. The molecule has 2 rings (SSSR count). The van der Waals surface area contributed by atoms with Crippen molar-refractivity contribution in [3.05, 3.63) is 18.2 Å². The van der Waals surface area contributed by atoms with Gasteiger partial charge in [-0.2, -0.15) is 0 Å². The van der Waals surface area contributed by atoms with Crippen LogP contribution in [0.5, 0.6) is 0 Å². The number of nitrogens with zero attached hydrogens (tertiary/aromatic N) is 3. The number of hydrogen-bond donors (Lipinski definition) is 1. The van der Waals surface area contributed by atoms with Gasteiger partial charge in [0.25, 0.3) is 5.91 Å². The van der Waals surface area contributed by atoms with Crippen LogP contribution in [0, 0.1) is 5.92 Å². The highest BCUT2D eigenvalue weighted by molar-refractivity contribution is 5.95. The lowest BCUT2D eigenvalue weighted by Crippen LogP contribution is -2.50. The zero-order chi connectivity index (χ0) is 14.0. The van der Waals surface area contributed by atoms with Crippen LogP contribution in [0.4, 0.5) is 0 Å². The zero-order valence-electron chi connectivity index (χ0n) is 11.2. The highest BCUT2D eigenvalue weighted by Gasteiger charge is 2.36. The summed E-state index contributed by atoms with van der Waals surface area (Å²) in [7, 11) is 1.78. The fourth-order valence-corrected chi connectivity index (χ4v) is 2.56. The molecule has 1 N–H and O–H groups in total. The fraction of sp³-hybridized carbons (Fsp3) is 0.615. The molecule has 2 unspecified atom stereocenters. The number of carbonyl (C=O) groups excluding carboxylic acids is 1. The molecule has 2 atom stereocenters. The minimum absolute atomic E-state index is 0.289. The predicted octanol–water partition coefficient (Wildman–Crippen LogP) is 1.14. The van der Waals surface area contributed by atoms with E-state index in [4.69, 9.17) is 0 Å². The Kier molecular flexibility index (Phi) is 3.87. The highest BCUT2D eigenvalue weighted by Crippen LogP contribution is 2.26. The Morgan fingerprint density at radius 1 is 1.53 bits per heavy atom. The number of aryl methyl sites for hydroxylation is 1. The molecule has 0 spiro atoms. The van der Waals surface area contributed by atoms with E-state index in [2.05, 4.69) is 11.9 Å². The van der Waals surface area contributed by atoms with E-state index in [0.717, 1.165) is 12.8 Å². The Balaban J connectivity index is 2.17. The SMILES string of the molecule is CCC1CCN(C(=O)c2cn(C)cn2)C(C(=O)O)C1. The van der Waals surface area contributed by atoms with Crippen LogP contribution in [0.15, 0.2) is 12.5 Å². The minimum atomic E-state index is -0.928. The van der Waals surface area contributed by atoms with Crippen molar-refractivity contribution in [1.29, 1.82) is 0 Å². The highest BCUT2D eigenvalue weighted by atomic mass is 16.4. The molecule has 0 radical (unpaired) electrons. The third-order valence-corrected chi connectivity index (χ3v) is 3.76. The van der Waals surface area contributed by atoms with Gasteiger partial charge in [-0.05, 0) is 18.8 Å². The fourth-order valence-electron chi connectivity index (χ4n) is 2.56. The lowest BCUT2D eigenvalue weighted by atomic mass is 9.88. The molecule has 104 valence electrons. The average molecular weight is 265 g/mol. The molecular formula is C13H19N3O3. The Morgan fingerprint density at radius 3 is 2.79 bits per heavy atom. The number of likely N-dealkylation sites (tertiary alicyclic amines) is 1. The number of carboxylic acid groups (broad SMARTS) is 1. The predicted molar refractivity (Wildman–Crippen MR) is 68.7 cm³/mol. The van der Waals surface area contributed by atoms with Crippen molar-refractivity contribution in [2.24, 2.45) is 13.0 Å². The van der Waals surface area contributed by atoms with E-state index in [1.165, 1.54) is 4.90 Å². The number of rotatable bonds is 3. The molecule has 6 nitrogen and oxygen atoms in total. The van der Waals surface area contributed by atoms with Crippen LogP contribution in [0.2, 0.25) is 0 Å². The third kappa shape index (κ3) is 2.77. The molecule has 19 heavy (non-hydrogen) atoms. The van der Waals surface area contributed by atoms with Crippen LogP contribution in [-0.2, 0) is 11.8 Å². The van der Waals surface area contributed by atoms with Gasteiger partial charge in [0.1, 0.15) is 11.7 Å². The standard InChI is InChI=1S/C13H19N3O3/c1-3-9-4-5-16(11(6-9)13(18)19)12(17)10-7-15(2)8-14-10/h7-9,11H,3-6H2,1-2H3,(H,18,19). The summed E-state index contributed by atoms with van der Waals surface area (Å²) in [5.74, 6) is -0.834. The lowest BCUT2D eigenvalue weighted by Gasteiger charge is -2.36. The van der Waals surface area contributed by atoms with Crippen molar-refractivity contribution in [3.8, 4) is 0 Å². The maximum atomic E-state index is 12.3. The maximum Gasteiger partial charge on any atom is 0.326 e. The second-order valence-corrected chi connectivity index (χ2v) is 5.08. The second-order valence-electron chi connectivity index (χ2n) is 5.08. The summed E-state index contributed by atoms with van der Waals surface area (Å²) in [6, 6.07) is -0.729. The molecule has 2 heterocycles. The number of amides is 1. The van der Waals surface area contributed by atoms with Gasteiger partial charge in [0.15, 0.2) is 0 Å². The van der Waals surface area contributed by atoms with Crippen molar-refractivity contribution in [2.45, 2.75) is 32.2 Å². The normalized spacial score (nSPS) is 23.4. The van der Waals surface area contributed by atoms with Gasteiger partial charge in [-0.1, -0.05) is 13.3 Å². The summed E-state index contributed by atoms with van der Waals surface area (Å²) in [6.45, 7) is 2.55. The van der Waals surface area contributed by atoms with Gasteiger partial charge in [-0.15, -0.1) is 0 Å². The molecular weight excluding hydrogens is 246 g/mol. The number of hydrogen-bond acceptors (Lipinski definition) is 3.